The molecule has 0 saturated heterocycles. The second-order valence-corrected chi connectivity index (χ2v) is 8.43. The number of anilines is 2. The summed E-state index contributed by atoms with van der Waals surface area (Å²) in [5.74, 6) is 0.478. The number of fused-ring (bicyclic) bond motifs is 1. The zero-order valence-electron chi connectivity index (χ0n) is 16.7. The number of nitrogens with one attached hydrogen (secondary N) is 1. The van der Waals surface area contributed by atoms with E-state index < -0.39 is 0 Å². The summed E-state index contributed by atoms with van der Waals surface area (Å²) in [4.78, 5) is 21.8. The molecule has 1 aromatic carbocycles. The standard InChI is InChI=1S/C22H23IN6O/c1-13(27-20-16(11-24)12-26-22(25)28-20)18-9-14-5-4-6-15(10-23)19(14)21(30)29(18)17-7-2-3-8-17/h4-6,9,12-13,17H,2-3,7-8,10H2,1H3,(H3,25,26,27,28)/t13-/m0/s1. The molecule has 30 heavy (non-hydrogen) atoms. The van der Waals surface area contributed by atoms with Crippen LogP contribution in [0.25, 0.3) is 10.8 Å². The van der Waals surface area contributed by atoms with Gasteiger partial charge in [-0.05, 0) is 36.8 Å². The van der Waals surface area contributed by atoms with Crippen LogP contribution in [-0.2, 0) is 4.43 Å². The molecule has 8 heteroatoms. The molecule has 0 bridgehead atoms. The molecule has 3 N–H and O–H groups in total. The van der Waals surface area contributed by atoms with Crippen LogP contribution >= 0.6 is 22.6 Å². The van der Waals surface area contributed by atoms with E-state index in [1.165, 1.54) is 6.20 Å². The molecule has 1 atom stereocenters. The van der Waals surface area contributed by atoms with Crippen molar-refractivity contribution < 1.29 is 0 Å². The number of nitrogens with two attached hydrogens (primary N) is 1. The number of rotatable bonds is 5. The molecule has 0 radical (unpaired) electrons. The van der Waals surface area contributed by atoms with Crippen molar-refractivity contribution in [1.29, 1.82) is 5.26 Å². The Hall–Kier alpha value is -2.67. The maximum absolute atomic E-state index is 13.7. The van der Waals surface area contributed by atoms with Crippen molar-refractivity contribution in [3.8, 4) is 6.07 Å². The lowest BCUT2D eigenvalue weighted by Crippen LogP contribution is -2.30. The quantitative estimate of drug-likeness (QED) is 0.384. The predicted molar refractivity (Wildman–Crippen MR) is 127 cm³/mol. The normalized spacial score (nSPS) is 15.2. The zero-order chi connectivity index (χ0) is 21.3. The molecule has 1 fully saturated rings. The number of benzene rings is 1. The van der Waals surface area contributed by atoms with Crippen LogP contribution in [0.4, 0.5) is 11.8 Å². The number of aromatic nitrogens is 3. The minimum atomic E-state index is -0.243. The molecule has 0 amide bonds. The highest BCUT2D eigenvalue weighted by atomic mass is 127. The van der Waals surface area contributed by atoms with Crippen LogP contribution in [-0.4, -0.2) is 14.5 Å². The highest BCUT2D eigenvalue weighted by Crippen LogP contribution is 2.33. The van der Waals surface area contributed by atoms with E-state index in [1.807, 2.05) is 29.7 Å². The van der Waals surface area contributed by atoms with Gasteiger partial charge in [0.25, 0.3) is 5.56 Å². The molecule has 4 rings (SSSR count). The van der Waals surface area contributed by atoms with E-state index >= 15 is 0 Å². The second-order valence-electron chi connectivity index (χ2n) is 7.67. The molecular weight excluding hydrogens is 491 g/mol. The number of hydrogen-bond donors (Lipinski definition) is 2. The van der Waals surface area contributed by atoms with Gasteiger partial charge < -0.3 is 15.6 Å². The summed E-state index contributed by atoms with van der Waals surface area (Å²) < 4.78 is 2.76. The molecule has 1 aliphatic rings. The third-order valence-electron chi connectivity index (χ3n) is 5.76. The molecule has 2 aromatic heterocycles. The number of nitrogen functional groups attached to an aromatic ring is 1. The van der Waals surface area contributed by atoms with Crippen LogP contribution < -0.4 is 16.6 Å². The highest BCUT2D eigenvalue weighted by Gasteiger charge is 2.25. The highest BCUT2D eigenvalue weighted by molar-refractivity contribution is 14.1. The van der Waals surface area contributed by atoms with Gasteiger partial charge >= 0.3 is 0 Å². The van der Waals surface area contributed by atoms with Gasteiger partial charge in [0, 0.05) is 16.2 Å². The first-order chi connectivity index (χ1) is 14.5. The fourth-order valence-corrected chi connectivity index (χ4v) is 4.95. The summed E-state index contributed by atoms with van der Waals surface area (Å²) in [6.45, 7) is 1.98. The lowest BCUT2D eigenvalue weighted by atomic mass is 10.0. The molecule has 2 heterocycles. The van der Waals surface area contributed by atoms with Crippen molar-refractivity contribution in [2.24, 2.45) is 0 Å². The van der Waals surface area contributed by atoms with Gasteiger partial charge in [-0.1, -0.05) is 53.6 Å². The Morgan fingerprint density at radius 3 is 2.87 bits per heavy atom. The number of nitrogens with zero attached hydrogens (tertiary/aromatic N) is 4. The van der Waals surface area contributed by atoms with Crippen LogP contribution in [0.1, 0.15) is 61.5 Å². The number of hydrogen-bond acceptors (Lipinski definition) is 6. The van der Waals surface area contributed by atoms with Gasteiger partial charge in [0.1, 0.15) is 17.5 Å². The molecule has 7 nitrogen and oxygen atoms in total. The first-order valence-electron chi connectivity index (χ1n) is 10.1. The van der Waals surface area contributed by atoms with E-state index in [9.17, 15) is 10.1 Å². The van der Waals surface area contributed by atoms with E-state index in [-0.39, 0.29) is 23.6 Å². The first kappa shape index (κ1) is 20.6. The zero-order valence-corrected chi connectivity index (χ0v) is 18.9. The smallest absolute Gasteiger partial charge is 0.259 e. The SMILES string of the molecule is C[C@H](Nc1nc(N)ncc1C#N)c1cc2cccc(CI)c2c(=O)n1C1CCCC1. The summed E-state index contributed by atoms with van der Waals surface area (Å²) in [5, 5.41) is 14.4. The van der Waals surface area contributed by atoms with Gasteiger partial charge in [0.15, 0.2) is 0 Å². The Balaban J connectivity index is 1.87. The van der Waals surface area contributed by atoms with Crippen molar-refractivity contribution in [2.75, 3.05) is 11.1 Å². The molecular formula is C22H23IN6O. The third kappa shape index (κ3) is 3.74. The molecule has 0 unspecified atom stereocenters. The number of halogens is 1. The fraction of sp³-hybridized carbons (Fsp3) is 0.364. The van der Waals surface area contributed by atoms with Crippen molar-refractivity contribution in [1.82, 2.24) is 14.5 Å². The molecule has 154 valence electrons. The lowest BCUT2D eigenvalue weighted by Gasteiger charge is -2.25. The van der Waals surface area contributed by atoms with Crippen LogP contribution in [0.2, 0.25) is 0 Å². The van der Waals surface area contributed by atoms with Crippen molar-refractivity contribution in [3.05, 3.63) is 57.6 Å². The summed E-state index contributed by atoms with van der Waals surface area (Å²) in [5.41, 5.74) is 8.07. The molecule has 1 saturated carbocycles. The largest absolute Gasteiger partial charge is 0.368 e. The van der Waals surface area contributed by atoms with Gasteiger partial charge in [0.05, 0.1) is 17.6 Å². The van der Waals surface area contributed by atoms with Gasteiger partial charge in [0.2, 0.25) is 5.95 Å². The average molecular weight is 514 g/mol. The van der Waals surface area contributed by atoms with E-state index in [0.29, 0.717) is 11.4 Å². The predicted octanol–water partition coefficient (Wildman–Crippen LogP) is 4.47. The number of alkyl halides is 1. The van der Waals surface area contributed by atoms with Crippen LogP contribution in [0, 0.1) is 11.3 Å². The fourth-order valence-electron chi connectivity index (χ4n) is 4.32. The van der Waals surface area contributed by atoms with Gasteiger partial charge in [-0.25, -0.2) is 4.98 Å². The molecule has 3 aromatic rings. The Morgan fingerprint density at radius 1 is 1.40 bits per heavy atom. The Labute approximate surface area is 188 Å². The minimum absolute atomic E-state index is 0.0676. The van der Waals surface area contributed by atoms with Crippen molar-refractivity contribution in [3.63, 3.8) is 0 Å². The van der Waals surface area contributed by atoms with Crippen LogP contribution in [0.3, 0.4) is 0 Å². The van der Waals surface area contributed by atoms with E-state index in [2.05, 4.69) is 50.0 Å². The van der Waals surface area contributed by atoms with E-state index in [4.69, 9.17) is 5.73 Å². The Kier molecular flexibility index (Phi) is 5.90. The lowest BCUT2D eigenvalue weighted by molar-refractivity contribution is 0.478. The van der Waals surface area contributed by atoms with E-state index in [0.717, 1.165) is 52.1 Å². The summed E-state index contributed by atoms with van der Waals surface area (Å²) in [6, 6.07) is 10.2. The second kappa shape index (κ2) is 8.60. The summed E-state index contributed by atoms with van der Waals surface area (Å²) >= 11 is 2.31. The topological polar surface area (TPSA) is 110 Å². The van der Waals surface area contributed by atoms with Gasteiger partial charge in [-0.15, -0.1) is 0 Å². The number of nitriles is 1. The Morgan fingerprint density at radius 2 is 2.17 bits per heavy atom. The summed E-state index contributed by atoms with van der Waals surface area (Å²) in [6.07, 6.45) is 5.67. The third-order valence-corrected chi connectivity index (χ3v) is 6.58. The van der Waals surface area contributed by atoms with Crippen LogP contribution in [0.15, 0.2) is 35.3 Å². The first-order valence-corrected chi connectivity index (χ1v) is 11.6. The van der Waals surface area contributed by atoms with Crippen molar-refractivity contribution >= 4 is 45.1 Å². The maximum Gasteiger partial charge on any atom is 0.259 e. The average Bonchev–Trinajstić information content (AvgIpc) is 3.27. The van der Waals surface area contributed by atoms with Gasteiger partial charge in [-0.3, -0.25) is 4.79 Å². The monoisotopic (exact) mass is 514 g/mol. The molecule has 1 aliphatic carbocycles. The minimum Gasteiger partial charge on any atom is -0.368 e. The molecule has 0 spiro atoms. The van der Waals surface area contributed by atoms with Crippen molar-refractivity contribution in [2.45, 2.75) is 49.1 Å². The van der Waals surface area contributed by atoms with Gasteiger partial charge in [-0.2, -0.15) is 10.2 Å². The Bertz CT molecular complexity index is 1190. The van der Waals surface area contributed by atoms with Crippen LogP contribution in [0.5, 0.6) is 0 Å². The van der Waals surface area contributed by atoms with E-state index in [1.54, 1.807) is 0 Å². The molecule has 0 aliphatic heterocycles. The summed E-state index contributed by atoms with van der Waals surface area (Å²) in [7, 11) is 0. The number of pyridine rings is 1. The maximum atomic E-state index is 13.7.